The molecule has 27 heavy (non-hydrogen) atoms. The first-order valence-electron chi connectivity index (χ1n) is 9.42. The van der Waals surface area contributed by atoms with Crippen LogP contribution < -0.4 is 10.2 Å². The number of para-hydroxylation sites is 2. The van der Waals surface area contributed by atoms with Gasteiger partial charge in [-0.2, -0.15) is 0 Å². The fourth-order valence-corrected chi connectivity index (χ4v) is 4.99. The number of amides is 2. The largest absolute Gasteiger partial charge is 0.323 e. The van der Waals surface area contributed by atoms with Gasteiger partial charge >= 0.3 is 0 Å². The van der Waals surface area contributed by atoms with E-state index in [9.17, 15) is 9.59 Å². The van der Waals surface area contributed by atoms with Gasteiger partial charge in [0.25, 0.3) is 0 Å². The van der Waals surface area contributed by atoms with Gasteiger partial charge in [-0.1, -0.05) is 36.7 Å². The zero-order valence-electron chi connectivity index (χ0n) is 15.7. The van der Waals surface area contributed by atoms with Gasteiger partial charge in [0.05, 0.1) is 22.8 Å². The monoisotopic (exact) mass is 384 g/mol. The van der Waals surface area contributed by atoms with Gasteiger partial charge in [-0.05, 0) is 38.8 Å². The number of benzene rings is 1. The molecule has 0 saturated heterocycles. The highest BCUT2D eigenvalue weighted by molar-refractivity contribution is 7.99. The lowest BCUT2D eigenvalue weighted by Crippen LogP contribution is -2.43. The van der Waals surface area contributed by atoms with Crippen LogP contribution in [0.2, 0.25) is 0 Å². The number of thioether (sulfide) groups is 1. The molecule has 2 aromatic rings. The lowest BCUT2D eigenvalue weighted by atomic mass is 10.2. The van der Waals surface area contributed by atoms with Crippen LogP contribution in [0, 0.1) is 13.8 Å². The summed E-state index contributed by atoms with van der Waals surface area (Å²) < 4.78 is 2.32. The Bertz CT molecular complexity index is 886. The van der Waals surface area contributed by atoms with Gasteiger partial charge < -0.3 is 14.8 Å². The SMILES string of the molecule is Cc1nc(SCC(=O)N2CC(=O)Nc3ccccc32)n(C2CCCC2)c1C. The molecule has 1 fully saturated rings. The number of rotatable bonds is 4. The summed E-state index contributed by atoms with van der Waals surface area (Å²) >= 11 is 1.48. The number of hydrogen-bond acceptors (Lipinski definition) is 4. The molecule has 0 spiro atoms. The van der Waals surface area contributed by atoms with Crippen molar-refractivity contribution in [3.8, 4) is 0 Å². The van der Waals surface area contributed by atoms with Crippen molar-refractivity contribution in [2.45, 2.75) is 50.7 Å². The second-order valence-corrected chi connectivity index (χ2v) is 8.15. The molecule has 142 valence electrons. The van der Waals surface area contributed by atoms with E-state index in [-0.39, 0.29) is 24.1 Å². The standard InChI is InChI=1S/C20H24N4O2S/c1-13-14(2)24(15-7-3-4-8-15)20(21-13)27-12-19(26)23-11-18(25)22-16-9-5-6-10-17(16)23/h5-6,9-10,15H,3-4,7-8,11-12H2,1-2H3,(H,22,25). The number of fused-ring (bicyclic) bond motifs is 1. The van der Waals surface area contributed by atoms with Crippen LogP contribution in [0.1, 0.15) is 43.1 Å². The Morgan fingerprint density at radius 1 is 1.26 bits per heavy atom. The van der Waals surface area contributed by atoms with Crippen molar-refractivity contribution < 1.29 is 9.59 Å². The molecule has 2 aliphatic rings. The van der Waals surface area contributed by atoms with E-state index in [1.165, 1.54) is 43.1 Å². The van der Waals surface area contributed by atoms with Crippen molar-refractivity contribution in [1.82, 2.24) is 9.55 Å². The van der Waals surface area contributed by atoms with E-state index in [1.54, 1.807) is 4.90 Å². The predicted molar refractivity (Wildman–Crippen MR) is 107 cm³/mol. The maximum Gasteiger partial charge on any atom is 0.244 e. The van der Waals surface area contributed by atoms with E-state index in [1.807, 2.05) is 31.2 Å². The first-order chi connectivity index (χ1) is 13.0. The fraction of sp³-hybridized carbons (Fsp3) is 0.450. The van der Waals surface area contributed by atoms with Crippen molar-refractivity contribution in [2.75, 3.05) is 22.5 Å². The Kier molecular flexibility index (Phi) is 4.95. The zero-order valence-corrected chi connectivity index (χ0v) is 16.5. The molecular weight excluding hydrogens is 360 g/mol. The molecule has 1 aliphatic carbocycles. The number of aryl methyl sites for hydroxylation is 1. The molecule has 1 aromatic heterocycles. The molecule has 0 bridgehead atoms. The Balaban J connectivity index is 1.52. The highest BCUT2D eigenvalue weighted by Gasteiger charge is 2.28. The Hall–Kier alpha value is -2.28. The fourth-order valence-electron chi connectivity index (χ4n) is 3.95. The Labute approximate surface area is 163 Å². The van der Waals surface area contributed by atoms with Crippen LogP contribution in [0.25, 0.3) is 0 Å². The molecule has 0 unspecified atom stereocenters. The average molecular weight is 385 g/mol. The second-order valence-electron chi connectivity index (χ2n) is 7.21. The summed E-state index contributed by atoms with van der Waals surface area (Å²) in [7, 11) is 0. The topological polar surface area (TPSA) is 67.2 Å². The second kappa shape index (κ2) is 7.38. The van der Waals surface area contributed by atoms with Gasteiger partial charge in [-0.25, -0.2) is 4.98 Å². The molecule has 4 rings (SSSR count). The molecule has 7 heteroatoms. The Morgan fingerprint density at radius 3 is 2.78 bits per heavy atom. The molecular formula is C20H24N4O2S. The number of carbonyl (C=O) groups excluding carboxylic acids is 2. The first kappa shape index (κ1) is 18.1. The summed E-state index contributed by atoms with van der Waals surface area (Å²) in [4.78, 5) is 31.1. The molecule has 1 aliphatic heterocycles. The lowest BCUT2D eigenvalue weighted by molar-refractivity contribution is -0.120. The molecule has 1 aromatic carbocycles. The third kappa shape index (κ3) is 3.48. The highest BCUT2D eigenvalue weighted by Crippen LogP contribution is 2.36. The van der Waals surface area contributed by atoms with Crippen LogP contribution in [0.5, 0.6) is 0 Å². The van der Waals surface area contributed by atoms with Gasteiger partial charge in [0, 0.05) is 11.7 Å². The summed E-state index contributed by atoms with van der Waals surface area (Å²) in [5.74, 6) is 0.0364. The van der Waals surface area contributed by atoms with E-state index in [0.717, 1.165) is 16.5 Å². The third-order valence-electron chi connectivity index (χ3n) is 5.44. The van der Waals surface area contributed by atoms with Gasteiger partial charge in [0.2, 0.25) is 11.8 Å². The van der Waals surface area contributed by atoms with Crippen LogP contribution in [0.4, 0.5) is 11.4 Å². The van der Waals surface area contributed by atoms with E-state index >= 15 is 0 Å². The quantitative estimate of drug-likeness (QED) is 0.817. The van der Waals surface area contributed by atoms with Crippen molar-refractivity contribution in [3.05, 3.63) is 35.7 Å². The van der Waals surface area contributed by atoms with Crippen molar-refractivity contribution in [3.63, 3.8) is 0 Å². The van der Waals surface area contributed by atoms with Crippen molar-refractivity contribution >= 4 is 35.0 Å². The number of anilines is 2. The lowest BCUT2D eigenvalue weighted by Gasteiger charge is -2.29. The van der Waals surface area contributed by atoms with Crippen molar-refractivity contribution in [1.29, 1.82) is 0 Å². The molecule has 0 atom stereocenters. The van der Waals surface area contributed by atoms with Crippen LogP contribution in [-0.4, -0.2) is 33.7 Å². The minimum absolute atomic E-state index is 0.0610. The van der Waals surface area contributed by atoms with E-state index in [2.05, 4.69) is 16.8 Å². The number of nitrogens with zero attached hydrogens (tertiary/aromatic N) is 3. The van der Waals surface area contributed by atoms with Crippen LogP contribution in [0.15, 0.2) is 29.4 Å². The molecule has 0 radical (unpaired) electrons. The number of hydrogen-bond donors (Lipinski definition) is 1. The molecule has 1 N–H and O–H groups in total. The minimum atomic E-state index is -0.161. The summed E-state index contributed by atoms with van der Waals surface area (Å²) in [6.45, 7) is 4.20. The number of carbonyl (C=O) groups is 2. The summed E-state index contributed by atoms with van der Waals surface area (Å²) in [6, 6.07) is 7.91. The summed E-state index contributed by atoms with van der Waals surface area (Å²) in [6.07, 6.45) is 4.86. The Morgan fingerprint density at radius 2 is 2.00 bits per heavy atom. The maximum absolute atomic E-state index is 12.9. The number of aromatic nitrogens is 2. The highest BCUT2D eigenvalue weighted by atomic mass is 32.2. The molecule has 2 heterocycles. The maximum atomic E-state index is 12.9. The number of nitrogens with one attached hydrogen (secondary N) is 1. The smallest absolute Gasteiger partial charge is 0.244 e. The van der Waals surface area contributed by atoms with E-state index in [4.69, 9.17) is 4.98 Å². The minimum Gasteiger partial charge on any atom is -0.323 e. The van der Waals surface area contributed by atoms with Gasteiger partial charge in [-0.15, -0.1) is 0 Å². The summed E-state index contributed by atoms with van der Waals surface area (Å²) in [5, 5.41) is 3.74. The van der Waals surface area contributed by atoms with Crippen molar-refractivity contribution in [2.24, 2.45) is 0 Å². The third-order valence-corrected chi connectivity index (χ3v) is 6.38. The average Bonchev–Trinajstić information content (AvgIpc) is 3.27. The molecule has 6 nitrogen and oxygen atoms in total. The predicted octanol–water partition coefficient (Wildman–Crippen LogP) is 3.69. The van der Waals surface area contributed by atoms with Gasteiger partial charge in [-0.3, -0.25) is 9.59 Å². The van der Waals surface area contributed by atoms with Crippen LogP contribution in [-0.2, 0) is 9.59 Å². The number of imidazole rings is 1. The first-order valence-corrected chi connectivity index (χ1v) is 10.4. The van der Waals surface area contributed by atoms with E-state index in [0.29, 0.717) is 11.7 Å². The van der Waals surface area contributed by atoms with E-state index < -0.39 is 0 Å². The van der Waals surface area contributed by atoms with Gasteiger partial charge in [0.1, 0.15) is 6.54 Å². The molecule has 2 amide bonds. The van der Waals surface area contributed by atoms with Gasteiger partial charge in [0.15, 0.2) is 5.16 Å². The van der Waals surface area contributed by atoms with Crippen LogP contribution >= 0.6 is 11.8 Å². The summed E-state index contributed by atoms with van der Waals surface area (Å²) in [5.41, 5.74) is 3.67. The normalized spacial score (nSPS) is 17.1. The van der Waals surface area contributed by atoms with Crippen LogP contribution in [0.3, 0.4) is 0 Å². The molecule has 1 saturated carbocycles. The zero-order chi connectivity index (χ0) is 19.0.